The minimum Gasteiger partial charge on any atom is -0.266 e. The van der Waals surface area contributed by atoms with Gasteiger partial charge in [0.2, 0.25) is 0 Å². The predicted molar refractivity (Wildman–Crippen MR) is 56.3 cm³/mol. The molecule has 0 aliphatic carbocycles. The van der Waals surface area contributed by atoms with Gasteiger partial charge in [0.25, 0.3) is 0 Å². The van der Waals surface area contributed by atoms with Crippen LogP contribution in [0.3, 0.4) is 0 Å². The second-order valence-electron chi connectivity index (χ2n) is 3.64. The molecule has 0 bridgehead atoms. The fourth-order valence-electron chi connectivity index (χ4n) is 1.46. The average Bonchev–Trinajstić information content (AvgIpc) is 2.96. The van der Waals surface area contributed by atoms with Crippen molar-refractivity contribution in [3.63, 3.8) is 0 Å². The zero-order valence-corrected chi connectivity index (χ0v) is 8.20. The molecular weight excluding hydrogens is 172 g/mol. The quantitative estimate of drug-likeness (QED) is 0.709. The molecule has 2 heteroatoms. The van der Waals surface area contributed by atoms with Crippen LogP contribution in [0.4, 0.5) is 0 Å². The van der Waals surface area contributed by atoms with E-state index >= 15 is 0 Å². The Labute approximate surface area is 83.9 Å². The van der Waals surface area contributed by atoms with Crippen LogP contribution in [0.25, 0.3) is 0 Å². The van der Waals surface area contributed by atoms with E-state index in [1.54, 1.807) is 0 Å². The third-order valence-corrected chi connectivity index (χ3v) is 2.46. The number of hydrogen-bond donors (Lipinski definition) is 0. The number of aliphatic imine (C=N–C) groups is 1. The molecule has 70 valence electrons. The Morgan fingerprint density at radius 2 is 2.00 bits per heavy atom. The molecular formula is C12H12N2. The second-order valence-corrected chi connectivity index (χ2v) is 3.64. The molecule has 1 unspecified atom stereocenters. The molecule has 0 N–H and O–H groups in total. The summed E-state index contributed by atoms with van der Waals surface area (Å²) in [7, 11) is 0. The third kappa shape index (κ3) is 2.00. The van der Waals surface area contributed by atoms with Gasteiger partial charge in [-0.2, -0.15) is 5.26 Å². The van der Waals surface area contributed by atoms with Crippen LogP contribution in [0.15, 0.2) is 29.3 Å². The Morgan fingerprint density at radius 1 is 1.29 bits per heavy atom. The summed E-state index contributed by atoms with van der Waals surface area (Å²) in [4.78, 5) is 4.06. The Kier molecular flexibility index (Phi) is 2.32. The summed E-state index contributed by atoms with van der Waals surface area (Å²) in [6.07, 6.45) is 1.93. The molecule has 14 heavy (non-hydrogen) atoms. The van der Waals surface area contributed by atoms with Crippen molar-refractivity contribution in [3.05, 3.63) is 35.4 Å². The topological polar surface area (TPSA) is 36.1 Å². The summed E-state index contributed by atoms with van der Waals surface area (Å²) < 4.78 is 0. The van der Waals surface area contributed by atoms with Crippen LogP contribution in [0.2, 0.25) is 0 Å². The highest BCUT2D eigenvalue weighted by atomic mass is 15.0. The van der Waals surface area contributed by atoms with E-state index in [0.29, 0.717) is 0 Å². The molecule has 0 radical (unpaired) electrons. The van der Waals surface area contributed by atoms with Crippen LogP contribution in [0, 0.1) is 18.3 Å². The van der Waals surface area contributed by atoms with Crippen LogP contribution in [-0.4, -0.2) is 11.8 Å². The van der Waals surface area contributed by atoms with Crippen molar-refractivity contribution in [2.45, 2.75) is 25.8 Å². The first-order chi connectivity index (χ1) is 6.79. The fraction of sp³-hybridized carbons (Fsp3) is 0.333. The van der Waals surface area contributed by atoms with Crippen molar-refractivity contribution in [3.8, 4) is 6.07 Å². The summed E-state index contributed by atoms with van der Waals surface area (Å²) >= 11 is 0. The van der Waals surface area contributed by atoms with Crippen molar-refractivity contribution in [1.29, 1.82) is 5.26 Å². The van der Waals surface area contributed by atoms with Crippen LogP contribution < -0.4 is 0 Å². The van der Waals surface area contributed by atoms with Gasteiger partial charge >= 0.3 is 0 Å². The van der Waals surface area contributed by atoms with Gasteiger partial charge in [-0.1, -0.05) is 29.8 Å². The number of nitriles is 1. The lowest BCUT2D eigenvalue weighted by atomic mass is 10.1. The Balaban J connectivity index is 1.85. The fourth-order valence-corrected chi connectivity index (χ4v) is 1.46. The van der Waals surface area contributed by atoms with Crippen molar-refractivity contribution >= 4 is 5.71 Å². The highest BCUT2D eigenvalue weighted by Gasteiger charge is 2.25. The number of hydrogen-bond acceptors (Lipinski definition) is 2. The van der Waals surface area contributed by atoms with Crippen LogP contribution >= 0.6 is 0 Å². The summed E-state index contributed by atoms with van der Waals surface area (Å²) in [5.74, 6) is 0. The van der Waals surface area contributed by atoms with Gasteiger partial charge in [-0.15, -0.1) is 0 Å². The van der Waals surface area contributed by atoms with Crippen LogP contribution in [0.5, 0.6) is 0 Å². The van der Waals surface area contributed by atoms with Crippen molar-refractivity contribution in [2.75, 3.05) is 0 Å². The molecule has 0 saturated carbocycles. The lowest BCUT2D eigenvalue weighted by Gasteiger charge is -1.98. The summed E-state index contributed by atoms with van der Waals surface area (Å²) in [5.41, 5.74) is 3.67. The minimum atomic E-state index is -0.0968. The zero-order valence-electron chi connectivity index (χ0n) is 8.20. The SMILES string of the molecule is Cc1ccc(CCC2=NC2C#N)cc1. The van der Waals surface area contributed by atoms with E-state index in [4.69, 9.17) is 5.26 Å². The van der Waals surface area contributed by atoms with E-state index in [-0.39, 0.29) is 6.04 Å². The van der Waals surface area contributed by atoms with Gasteiger partial charge in [-0.25, -0.2) is 0 Å². The van der Waals surface area contributed by atoms with Crippen LogP contribution in [-0.2, 0) is 6.42 Å². The highest BCUT2D eigenvalue weighted by Crippen LogP contribution is 2.16. The molecule has 2 nitrogen and oxygen atoms in total. The van der Waals surface area contributed by atoms with Crippen molar-refractivity contribution in [2.24, 2.45) is 4.99 Å². The Hall–Kier alpha value is -1.62. The van der Waals surface area contributed by atoms with Gasteiger partial charge in [0, 0.05) is 0 Å². The number of rotatable bonds is 3. The zero-order chi connectivity index (χ0) is 9.97. The van der Waals surface area contributed by atoms with E-state index < -0.39 is 0 Å². The maximum absolute atomic E-state index is 8.55. The van der Waals surface area contributed by atoms with Gasteiger partial charge < -0.3 is 0 Å². The second kappa shape index (κ2) is 3.63. The van der Waals surface area contributed by atoms with Crippen molar-refractivity contribution in [1.82, 2.24) is 0 Å². The highest BCUT2D eigenvalue weighted by molar-refractivity contribution is 6.03. The van der Waals surface area contributed by atoms with E-state index in [2.05, 4.69) is 42.3 Å². The summed E-state index contributed by atoms with van der Waals surface area (Å²) in [6.45, 7) is 2.08. The molecule has 0 fully saturated rings. The Bertz CT molecular complexity index is 395. The molecule has 0 aromatic heterocycles. The van der Waals surface area contributed by atoms with E-state index in [9.17, 15) is 0 Å². The predicted octanol–water partition coefficient (Wildman–Crippen LogP) is 2.27. The first-order valence-corrected chi connectivity index (χ1v) is 4.81. The van der Waals surface area contributed by atoms with Gasteiger partial charge in [0.15, 0.2) is 6.04 Å². The lowest BCUT2D eigenvalue weighted by molar-refractivity contribution is 1.04. The average molecular weight is 184 g/mol. The van der Waals surface area contributed by atoms with Gasteiger partial charge in [0.1, 0.15) is 0 Å². The monoisotopic (exact) mass is 184 g/mol. The number of nitrogens with zero attached hydrogens (tertiary/aromatic N) is 2. The molecule has 0 amide bonds. The Morgan fingerprint density at radius 3 is 2.57 bits per heavy atom. The van der Waals surface area contributed by atoms with Crippen LogP contribution in [0.1, 0.15) is 17.5 Å². The molecule has 1 aliphatic rings. The third-order valence-electron chi connectivity index (χ3n) is 2.46. The molecule has 1 aliphatic heterocycles. The maximum Gasteiger partial charge on any atom is 0.174 e. The first-order valence-electron chi connectivity index (χ1n) is 4.81. The summed E-state index contributed by atoms with van der Waals surface area (Å²) in [6, 6.07) is 10.5. The lowest BCUT2D eigenvalue weighted by Crippen LogP contribution is -1.96. The molecule has 1 aromatic rings. The smallest absolute Gasteiger partial charge is 0.174 e. The van der Waals surface area contributed by atoms with E-state index in [1.165, 1.54) is 11.1 Å². The van der Waals surface area contributed by atoms with Gasteiger partial charge in [-0.3, -0.25) is 4.99 Å². The first kappa shape index (κ1) is 8.96. The largest absolute Gasteiger partial charge is 0.266 e. The maximum atomic E-state index is 8.55. The van der Waals surface area contributed by atoms with Gasteiger partial charge in [-0.05, 0) is 25.3 Å². The minimum absolute atomic E-state index is 0.0968. The molecule has 0 spiro atoms. The summed E-state index contributed by atoms with van der Waals surface area (Å²) in [5, 5.41) is 8.55. The molecule has 1 heterocycles. The molecule has 2 rings (SSSR count). The standard InChI is InChI=1S/C12H12N2/c1-9-2-4-10(5-3-9)6-7-11-12(8-13)14-11/h2-5,12H,6-7H2,1H3. The van der Waals surface area contributed by atoms with E-state index in [1.807, 2.05) is 0 Å². The molecule has 1 aromatic carbocycles. The van der Waals surface area contributed by atoms with Gasteiger partial charge in [0.05, 0.1) is 11.8 Å². The normalized spacial score (nSPS) is 18.6. The number of aryl methyl sites for hydroxylation is 2. The van der Waals surface area contributed by atoms with E-state index in [0.717, 1.165) is 18.6 Å². The van der Waals surface area contributed by atoms with Crippen molar-refractivity contribution < 1.29 is 0 Å². The number of benzene rings is 1. The molecule has 1 atom stereocenters. The molecule has 0 saturated heterocycles.